The highest BCUT2D eigenvalue weighted by Gasteiger charge is 2.66. The van der Waals surface area contributed by atoms with E-state index in [1.165, 1.54) is 11.1 Å². The summed E-state index contributed by atoms with van der Waals surface area (Å²) in [6.07, 6.45) is 2.74. The van der Waals surface area contributed by atoms with Gasteiger partial charge in [-0.2, -0.15) is 5.10 Å². The Hall–Kier alpha value is -3.60. The van der Waals surface area contributed by atoms with Crippen LogP contribution in [0.1, 0.15) is 29.0 Å². The quantitative estimate of drug-likeness (QED) is 0.499. The van der Waals surface area contributed by atoms with Gasteiger partial charge in [0.05, 0.1) is 30.8 Å². The molecule has 1 saturated carbocycles. The first-order chi connectivity index (χ1) is 15.1. The van der Waals surface area contributed by atoms with Crippen LogP contribution in [0.25, 0.3) is 10.9 Å². The van der Waals surface area contributed by atoms with Crippen molar-refractivity contribution in [3.63, 3.8) is 0 Å². The molecule has 1 aliphatic carbocycles. The number of benzene rings is 3. The molecule has 1 spiro atoms. The molecule has 0 radical (unpaired) electrons. The minimum atomic E-state index is -0.476. The van der Waals surface area contributed by atoms with Crippen LogP contribution in [-0.4, -0.2) is 29.8 Å². The van der Waals surface area contributed by atoms with Gasteiger partial charge in [-0.3, -0.25) is 9.48 Å². The second-order valence-electron chi connectivity index (χ2n) is 8.58. The van der Waals surface area contributed by atoms with Crippen LogP contribution in [0, 0.1) is 0 Å². The van der Waals surface area contributed by atoms with E-state index >= 15 is 0 Å². The smallest absolute Gasteiger partial charge is 0.238 e. The van der Waals surface area contributed by atoms with Crippen molar-refractivity contribution in [2.45, 2.75) is 24.3 Å². The summed E-state index contributed by atoms with van der Waals surface area (Å²) < 4.78 is 7.49. The van der Waals surface area contributed by atoms with Crippen molar-refractivity contribution >= 4 is 22.5 Å². The number of amides is 1. The molecule has 5 heteroatoms. The van der Waals surface area contributed by atoms with Crippen LogP contribution in [-0.2, 0) is 16.8 Å². The van der Waals surface area contributed by atoms with Crippen molar-refractivity contribution in [3.8, 4) is 5.75 Å². The van der Waals surface area contributed by atoms with Gasteiger partial charge in [0.25, 0.3) is 0 Å². The molecule has 6 rings (SSSR count). The van der Waals surface area contributed by atoms with E-state index < -0.39 is 5.41 Å². The molecule has 4 aromatic rings. The molecule has 0 bridgehead atoms. The maximum atomic E-state index is 13.3. The van der Waals surface area contributed by atoms with Crippen LogP contribution >= 0.6 is 0 Å². The molecule has 1 aliphatic heterocycles. The largest absolute Gasteiger partial charge is 0.497 e. The molecule has 2 aliphatic rings. The molecule has 5 nitrogen and oxygen atoms in total. The second kappa shape index (κ2) is 6.45. The van der Waals surface area contributed by atoms with E-state index in [1.807, 2.05) is 54.3 Å². The van der Waals surface area contributed by atoms with Crippen molar-refractivity contribution in [1.29, 1.82) is 0 Å². The Balaban J connectivity index is 1.40. The van der Waals surface area contributed by atoms with E-state index in [0.29, 0.717) is 0 Å². The average molecular weight is 409 g/mol. The number of ether oxygens (including phenoxy) is 1. The topological polar surface area (TPSA) is 47.4 Å². The molecule has 1 amide bonds. The van der Waals surface area contributed by atoms with Crippen molar-refractivity contribution < 1.29 is 9.53 Å². The lowest BCUT2D eigenvalue weighted by Crippen LogP contribution is -2.29. The number of methoxy groups -OCH3 is 1. The Bertz CT molecular complexity index is 1330. The van der Waals surface area contributed by atoms with Gasteiger partial charge in [-0.25, -0.2) is 0 Å². The van der Waals surface area contributed by atoms with Gasteiger partial charge in [-0.1, -0.05) is 42.5 Å². The molecular formula is C26H23N3O2. The Labute approximate surface area is 180 Å². The lowest BCUT2D eigenvalue weighted by atomic mass is 9.91. The van der Waals surface area contributed by atoms with Gasteiger partial charge in [-0.15, -0.1) is 0 Å². The SMILES string of the molecule is COc1ccc2c(c1)[C@]1(C[C@H]1c1ccc3cnn(Cc4ccccc4)c3c1)C(=O)N2C. The molecule has 2 heterocycles. The van der Waals surface area contributed by atoms with Crippen LogP contribution in [0.2, 0.25) is 0 Å². The zero-order chi connectivity index (χ0) is 21.2. The first-order valence-electron chi connectivity index (χ1n) is 10.6. The van der Waals surface area contributed by atoms with Gasteiger partial charge in [0.2, 0.25) is 5.91 Å². The predicted octanol–water partition coefficient (Wildman–Crippen LogP) is 4.49. The van der Waals surface area contributed by atoms with Crippen LogP contribution in [0.15, 0.2) is 72.9 Å². The number of carbonyl (C=O) groups is 1. The number of fused-ring (bicyclic) bond motifs is 3. The van der Waals surface area contributed by atoms with Crippen LogP contribution in [0.4, 0.5) is 5.69 Å². The number of aromatic nitrogens is 2. The highest BCUT2D eigenvalue weighted by molar-refractivity contribution is 6.11. The van der Waals surface area contributed by atoms with E-state index in [1.54, 1.807) is 12.0 Å². The molecule has 2 atom stereocenters. The second-order valence-corrected chi connectivity index (χ2v) is 8.58. The maximum absolute atomic E-state index is 13.3. The minimum Gasteiger partial charge on any atom is -0.497 e. The fourth-order valence-corrected chi connectivity index (χ4v) is 5.20. The summed E-state index contributed by atoms with van der Waals surface area (Å²) in [6.45, 7) is 0.727. The lowest BCUT2D eigenvalue weighted by molar-refractivity contribution is -0.120. The summed E-state index contributed by atoms with van der Waals surface area (Å²) in [5.74, 6) is 1.14. The third-order valence-electron chi connectivity index (χ3n) is 6.94. The number of anilines is 1. The molecular weight excluding hydrogens is 386 g/mol. The van der Waals surface area contributed by atoms with Gasteiger partial charge < -0.3 is 9.64 Å². The Kier molecular flexibility index (Phi) is 3.78. The predicted molar refractivity (Wildman–Crippen MR) is 121 cm³/mol. The number of rotatable bonds is 4. The fraction of sp³-hybridized carbons (Fsp3) is 0.231. The molecule has 154 valence electrons. The molecule has 0 N–H and O–H groups in total. The van der Waals surface area contributed by atoms with Gasteiger partial charge in [0, 0.05) is 24.0 Å². The number of hydrogen-bond acceptors (Lipinski definition) is 3. The van der Waals surface area contributed by atoms with Crippen LogP contribution in [0.5, 0.6) is 5.75 Å². The van der Waals surface area contributed by atoms with Gasteiger partial charge in [0.1, 0.15) is 5.75 Å². The minimum absolute atomic E-state index is 0.167. The van der Waals surface area contributed by atoms with Crippen molar-refractivity contribution in [3.05, 3.63) is 89.6 Å². The number of hydrogen-bond donors (Lipinski definition) is 0. The average Bonchev–Trinajstić information content (AvgIpc) is 3.40. The van der Waals surface area contributed by atoms with Crippen LogP contribution < -0.4 is 9.64 Å². The zero-order valence-electron chi connectivity index (χ0n) is 17.6. The van der Waals surface area contributed by atoms with E-state index in [4.69, 9.17) is 4.74 Å². The number of likely N-dealkylation sites (N-methyl/N-ethyl adjacent to an activating group) is 1. The fourth-order valence-electron chi connectivity index (χ4n) is 5.20. The Morgan fingerprint density at radius 3 is 2.74 bits per heavy atom. The molecule has 31 heavy (non-hydrogen) atoms. The third kappa shape index (κ3) is 2.56. The number of nitrogens with zero attached hydrogens (tertiary/aromatic N) is 3. The highest BCUT2D eigenvalue weighted by Crippen LogP contribution is 2.66. The summed E-state index contributed by atoms with van der Waals surface area (Å²) >= 11 is 0. The van der Waals surface area contributed by atoms with Crippen LogP contribution in [0.3, 0.4) is 0 Å². The van der Waals surface area contributed by atoms with Crippen molar-refractivity contribution in [2.75, 3.05) is 19.1 Å². The summed E-state index contributed by atoms with van der Waals surface area (Å²) in [4.78, 5) is 15.1. The van der Waals surface area contributed by atoms with Gasteiger partial charge in [0.15, 0.2) is 0 Å². The molecule has 1 aromatic heterocycles. The van der Waals surface area contributed by atoms with E-state index in [-0.39, 0.29) is 11.8 Å². The third-order valence-corrected chi connectivity index (χ3v) is 6.94. The Morgan fingerprint density at radius 2 is 1.94 bits per heavy atom. The Morgan fingerprint density at radius 1 is 1.10 bits per heavy atom. The first-order valence-corrected chi connectivity index (χ1v) is 10.6. The lowest BCUT2D eigenvalue weighted by Gasteiger charge is -2.12. The number of carbonyl (C=O) groups excluding carboxylic acids is 1. The summed E-state index contributed by atoms with van der Waals surface area (Å²) in [7, 11) is 3.54. The van der Waals surface area contributed by atoms with E-state index in [9.17, 15) is 4.79 Å². The first kappa shape index (κ1) is 18.2. The van der Waals surface area contributed by atoms with E-state index in [0.717, 1.165) is 40.9 Å². The highest BCUT2D eigenvalue weighted by atomic mass is 16.5. The van der Waals surface area contributed by atoms with Crippen molar-refractivity contribution in [1.82, 2.24) is 9.78 Å². The van der Waals surface area contributed by atoms with Crippen molar-refractivity contribution in [2.24, 2.45) is 0 Å². The molecule has 0 unspecified atom stereocenters. The van der Waals surface area contributed by atoms with Gasteiger partial charge >= 0.3 is 0 Å². The summed E-state index contributed by atoms with van der Waals surface area (Å²) in [5, 5.41) is 5.73. The van der Waals surface area contributed by atoms with Gasteiger partial charge in [-0.05, 0) is 47.4 Å². The summed E-state index contributed by atoms with van der Waals surface area (Å²) in [6, 6.07) is 22.8. The normalized spacial score (nSPS) is 21.7. The molecule has 0 saturated heterocycles. The summed E-state index contributed by atoms with van der Waals surface area (Å²) in [5.41, 5.74) is 5.12. The maximum Gasteiger partial charge on any atom is 0.238 e. The standard InChI is InChI=1S/C26H23N3O2/c1-28-23-11-10-20(31-2)13-21(23)26(25(28)30)14-22(26)18-8-9-19-15-27-29(24(19)12-18)16-17-6-4-3-5-7-17/h3-13,15,22H,14,16H2,1-2H3/t22-,26-/m0/s1. The molecule has 3 aromatic carbocycles. The van der Waals surface area contributed by atoms with E-state index in [2.05, 4.69) is 35.4 Å². The monoisotopic (exact) mass is 409 g/mol. The molecule has 1 fully saturated rings. The zero-order valence-corrected chi connectivity index (χ0v) is 17.6.